The summed E-state index contributed by atoms with van der Waals surface area (Å²) in [6.07, 6.45) is 0.0292. The molecule has 4 rings (SSSR count). The summed E-state index contributed by atoms with van der Waals surface area (Å²) in [7, 11) is 4.56. The van der Waals surface area contributed by atoms with Crippen molar-refractivity contribution in [3.63, 3.8) is 0 Å². The minimum atomic E-state index is -0.675. The first kappa shape index (κ1) is 36.7. The van der Waals surface area contributed by atoms with Crippen molar-refractivity contribution in [3.05, 3.63) is 114 Å². The lowest BCUT2D eigenvalue weighted by molar-refractivity contribution is -0.139. The highest BCUT2D eigenvalue weighted by Gasteiger charge is 2.26. The van der Waals surface area contributed by atoms with Crippen LogP contribution in [-0.4, -0.2) is 70.6 Å². The first-order valence-corrected chi connectivity index (χ1v) is 15.9. The SMILES string of the molecule is COC(=O)Cc1cccc(NC(=O)NCC(=O)N(CC(=O)N(C)c2ccccc2)c2ccccc2OCC(=O)N(C)c2cccc(C)c2C)c1. The number of para-hydroxylation sites is 3. The largest absolute Gasteiger partial charge is 0.482 e. The molecule has 12 heteroatoms. The van der Waals surface area contributed by atoms with Crippen LogP contribution >= 0.6 is 0 Å². The first-order valence-electron chi connectivity index (χ1n) is 15.9. The predicted octanol–water partition coefficient (Wildman–Crippen LogP) is 4.88. The molecule has 0 aliphatic rings. The molecule has 0 aliphatic heterocycles. The average Bonchev–Trinajstić information content (AvgIpc) is 3.12. The zero-order valence-electron chi connectivity index (χ0n) is 28.8. The highest BCUT2D eigenvalue weighted by atomic mass is 16.5. The third-order valence-electron chi connectivity index (χ3n) is 8.09. The van der Waals surface area contributed by atoms with Crippen LogP contribution in [0.25, 0.3) is 0 Å². The van der Waals surface area contributed by atoms with E-state index in [0.717, 1.165) is 16.8 Å². The number of hydrogen-bond acceptors (Lipinski definition) is 7. The van der Waals surface area contributed by atoms with E-state index in [2.05, 4.69) is 10.6 Å². The lowest BCUT2D eigenvalue weighted by Gasteiger charge is -2.27. The van der Waals surface area contributed by atoms with Gasteiger partial charge in [-0.2, -0.15) is 0 Å². The van der Waals surface area contributed by atoms with Gasteiger partial charge in [0.15, 0.2) is 6.61 Å². The van der Waals surface area contributed by atoms with E-state index >= 15 is 0 Å². The van der Waals surface area contributed by atoms with Gasteiger partial charge >= 0.3 is 12.0 Å². The van der Waals surface area contributed by atoms with E-state index in [1.807, 2.05) is 38.1 Å². The zero-order valence-corrected chi connectivity index (χ0v) is 28.8. The average molecular weight is 680 g/mol. The molecule has 0 atom stereocenters. The Morgan fingerprint density at radius 3 is 2.14 bits per heavy atom. The summed E-state index contributed by atoms with van der Waals surface area (Å²) in [5.74, 6) is -1.56. The second-order valence-electron chi connectivity index (χ2n) is 11.5. The molecule has 0 spiro atoms. The summed E-state index contributed by atoms with van der Waals surface area (Å²) >= 11 is 0. The Kier molecular flexibility index (Phi) is 12.7. The Hall–Kier alpha value is -6.17. The number of aryl methyl sites for hydroxylation is 1. The third kappa shape index (κ3) is 9.69. The van der Waals surface area contributed by atoms with Crippen molar-refractivity contribution in [2.45, 2.75) is 20.3 Å². The van der Waals surface area contributed by atoms with Crippen molar-refractivity contribution in [1.82, 2.24) is 5.32 Å². The Morgan fingerprint density at radius 2 is 1.40 bits per heavy atom. The first-order chi connectivity index (χ1) is 24.0. The van der Waals surface area contributed by atoms with E-state index in [1.54, 1.807) is 86.9 Å². The van der Waals surface area contributed by atoms with Gasteiger partial charge in [-0.1, -0.05) is 54.6 Å². The maximum atomic E-state index is 13.8. The molecule has 12 nitrogen and oxygen atoms in total. The fraction of sp³-hybridized carbons (Fsp3) is 0.237. The van der Waals surface area contributed by atoms with E-state index in [0.29, 0.717) is 16.9 Å². The molecular weight excluding hydrogens is 638 g/mol. The Bertz CT molecular complexity index is 1850. The Labute approximate surface area is 291 Å². The monoisotopic (exact) mass is 679 g/mol. The van der Waals surface area contributed by atoms with Gasteiger partial charge in [0.1, 0.15) is 12.3 Å². The van der Waals surface area contributed by atoms with Crippen LogP contribution < -0.4 is 30.1 Å². The molecule has 4 aromatic carbocycles. The number of rotatable bonds is 13. The van der Waals surface area contributed by atoms with Crippen LogP contribution in [0.1, 0.15) is 16.7 Å². The summed E-state index contributed by atoms with van der Waals surface area (Å²) < 4.78 is 10.7. The molecule has 5 amide bonds. The van der Waals surface area contributed by atoms with Crippen molar-refractivity contribution in [1.29, 1.82) is 0 Å². The number of hydrogen-bond donors (Lipinski definition) is 2. The second kappa shape index (κ2) is 17.3. The van der Waals surface area contributed by atoms with Crippen LogP contribution in [0.5, 0.6) is 5.75 Å². The van der Waals surface area contributed by atoms with Gasteiger partial charge in [-0.3, -0.25) is 24.1 Å². The van der Waals surface area contributed by atoms with Crippen LogP contribution in [-0.2, 0) is 30.3 Å². The fourth-order valence-corrected chi connectivity index (χ4v) is 5.04. The number of benzene rings is 4. The minimum Gasteiger partial charge on any atom is -0.482 e. The molecule has 2 N–H and O–H groups in total. The number of methoxy groups -OCH3 is 1. The van der Waals surface area contributed by atoms with Crippen molar-refractivity contribution in [2.75, 3.05) is 60.9 Å². The van der Waals surface area contributed by atoms with E-state index in [1.165, 1.54) is 21.8 Å². The van der Waals surface area contributed by atoms with E-state index in [-0.39, 0.29) is 36.9 Å². The molecule has 0 bridgehead atoms. The molecule has 0 radical (unpaired) electrons. The molecule has 50 heavy (non-hydrogen) atoms. The van der Waals surface area contributed by atoms with Crippen molar-refractivity contribution in [2.24, 2.45) is 0 Å². The Balaban J connectivity index is 1.52. The molecular formula is C38H41N5O7. The normalized spacial score (nSPS) is 10.4. The van der Waals surface area contributed by atoms with Crippen molar-refractivity contribution in [3.8, 4) is 5.75 Å². The molecule has 0 heterocycles. The summed E-state index contributed by atoms with van der Waals surface area (Å²) in [4.78, 5) is 69.2. The van der Waals surface area contributed by atoms with Gasteiger partial charge in [-0.05, 0) is 73.0 Å². The molecule has 0 saturated carbocycles. The lowest BCUT2D eigenvalue weighted by atomic mass is 10.1. The molecule has 0 aromatic heterocycles. The number of ether oxygens (including phenoxy) is 2. The molecule has 0 fully saturated rings. The number of carbonyl (C=O) groups is 5. The predicted molar refractivity (Wildman–Crippen MR) is 193 cm³/mol. The molecule has 0 saturated heterocycles. The fourth-order valence-electron chi connectivity index (χ4n) is 5.04. The number of likely N-dealkylation sites (N-methyl/N-ethyl adjacent to an activating group) is 2. The highest BCUT2D eigenvalue weighted by Crippen LogP contribution is 2.29. The number of urea groups is 1. The van der Waals surface area contributed by atoms with E-state index in [4.69, 9.17) is 9.47 Å². The van der Waals surface area contributed by atoms with Crippen molar-refractivity contribution < 1.29 is 33.4 Å². The molecule has 260 valence electrons. The number of esters is 1. The number of carbonyl (C=O) groups excluding carboxylic acids is 5. The van der Waals surface area contributed by atoms with Gasteiger partial charge in [0.25, 0.3) is 5.91 Å². The highest BCUT2D eigenvalue weighted by molar-refractivity contribution is 6.06. The molecule has 0 aliphatic carbocycles. The summed E-state index contributed by atoms with van der Waals surface area (Å²) in [6, 6.07) is 27.2. The number of nitrogens with zero attached hydrogens (tertiary/aromatic N) is 3. The van der Waals surface area contributed by atoms with Crippen molar-refractivity contribution >= 4 is 52.5 Å². The smallest absolute Gasteiger partial charge is 0.319 e. The Morgan fingerprint density at radius 1 is 0.720 bits per heavy atom. The van der Waals surface area contributed by atoms with Gasteiger partial charge < -0.3 is 29.9 Å². The van der Waals surface area contributed by atoms with Gasteiger partial charge in [-0.25, -0.2) is 4.79 Å². The van der Waals surface area contributed by atoms with E-state index in [9.17, 15) is 24.0 Å². The summed E-state index contributed by atoms with van der Waals surface area (Å²) in [6.45, 7) is 2.71. The topological polar surface area (TPSA) is 138 Å². The number of nitrogens with one attached hydrogen (secondary N) is 2. The quantitative estimate of drug-likeness (QED) is 0.192. The standard InChI is InChI=1S/C38H41N5O7/c1-26-13-11-19-31(27(26)2)42(4)36(46)25-50-33-20-10-9-18-32(33)43(24-35(45)41(3)30-16-7-6-8-17-30)34(44)23-39-38(48)40-29-15-12-14-28(21-29)22-37(47)49-5/h6-21H,22-25H2,1-5H3,(H2,39,40,48). The maximum Gasteiger partial charge on any atom is 0.319 e. The van der Waals surface area contributed by atoms with Crippen LogP contribution in [0.2, 0.25) is 0 Å². The van der Waals surface area contributed by atoms with Gasteiger partial charge in [-0.15, -0.1) is 0 Å². The second-order valence-corrected chi connectivity index (χ2v) is 11.5. The molecule has 0 unspecified atom stereocenters. The summed E-state index contributed by atoms with van der Waals surface area (Å²) in [5.41, 5.74) is 4.66. The van der Waals surface area contributed by atoms with Gasteiger partial charge in [0, 0.05) is 31.2 Å². The van der Waals surface area contributed by atoms with Crippen LogP contribution in [0.4, 0.5) is 27.5 Å². The minimum absolute atomic E-state index is 0.0292. The maximum absolute atomic E-state index is 13.8. The van der Waals surface area contributed by atoms with Crippen LogP contribution in [0, 0.1) is 13.8 Å². The van der Waals surface area contributed by atoms with Crippen LogP contribution in [0.3, 0.4) is 0 Å². The van der Waals surface area contributed by atoms with Crippen LogP contribution in [0.15, 0.2) is 97.1 Å². The summed E-state index contributed by atoms with van der Waals surface area (Å²) in [5, 5.41) is 5.19. The molecule has 4 aromatic rings. The lowest BCUT2D eigenvalue weighted by Crippen LogP contribution is -2.46. The zero-order chi connectivity index (χ0) is 36.2. The third-order valence-corrected chi connectivity index (χ3v) is 8.09. The van der Waals surface area contributed by atoms with Gasteiger partial charge in [0.05, 0.1) is 25.8 Å². The van der Waals surface area contributed by atoms with Gasteiger partial charge in [0.2, 0.25) is 11.8 Å². The van der Waals surface area contributed by atoms with E-state index < -0.39 is 30.4 Å². The number of amides is 5. The number of anilines is 4.